The number of nitrogens with zero attached hydrogens (tertiary/aromatic N) is 3. The maximum Gasteiger partial charge on any atom is 0.416 e. The molecule has 8 nitrogen and oxygen atoms in total. The number of likely N-dealkylation sites (tertiary alicyclic amines) is 1. The van der Waals surface area contributed by atoms with Crippen molar-refractivity contribution in [2.45, 2.75) is 89.3 Å². The van der Waals surface area contributed by atoms with Crippen LogP contribution in [0.3, 0.4) is 0 Å². The van der Waals surface area contributed by atoms with E-state index < -0.39 is 23.4 Å². The summed E-state index contributed by atoms with van der Waals surface area (Å²) in [6.07, 6.45) is 0.181. The number of halogens is 3. The van der Waals surface area contributed by atoms with Gasteiger partial charge in [0.2, 0.25) is 11.8 Å². The number of hydrogen-bond acceptors (Lipinski definition) is 6. The second-order valence-electron chi connectivity index (χ2n) is 10.8. The van der Waals surface area contributed by atoms with Crippen molar-refractivity contribution in [2.75, 3.05) is 11.9 Å². The van der Waals surface area contributed by atoms with Crippen molar-refractivity contribution >= 4 is 28.5 Å². The van der Waals surface area contributed by atoms with Crippen LogP contribution in [0.2, 0.25) is 0 Å². The minimum absolute atomic E-state index is 0.119. The molecule has 1 aliphatic heterocycles. The lowest BCUT2D eigenvalue weighted by Crippen LogP contribution is -2.66. The number of aromatic nitrogens is 2. The van der Waals surface area contributed by atoms with Gasteiger partial charge in [0, 0.05) is 36.9 Å². The molecule has 2 heterocycles. The number of benzene rings is 1. The predicted molar refractivity (Wildman–Crippen MR) is 130 cm³/mol. The highest BCUT2D eigenvalue weighted by Crippen LogP contribution is 2.37. The SMILES string of the molecule is CC(=O)N[C@@]1(N2CCC(Nc3ncnc4ccc(C(F)(F)F)cc34)C2=O)CCC[C@@H](NC(C)(C)C)C1. The molecule has 2 fully saturated rings. The van der Waals surface area contributed by atoms with E-state index in [9.17, 15) is 22.8 Å². The molecule has 0 bridgehead atoms. The third-order valence-electron chi connectivity index (χ3n) is 6.77. The van der Waals surface area contributed by atoms with Crippen LogP contribution in [-0.2, 0) is 15.8 Å². The zero-order chi connectivity index (χ0) is 26.3. The highest BCUT2D eigenvalue weighted by atomic mass is 19.4. The van der Waals surface area contributed by atoms with Gasteiger partial charge in [0.25, 0.3) is 0 Å². The molecule has 3 atom stereocenters. The molecule has 1 aliphatic carbocycles. The predicted octanol–water partition coefficient (Wildman–Crippen LogP) is 3.82. The summed E-state index contributed by atoms with van der Waals surface area (Å²) in [7, 11) is 0. The average Bonchev–Trinajstić information content (AvgIpc) is 3.12. The fourth-order valence-corrected chi connectivity index (χ4v) is 5.49. The van der Waals surface area contributed by atoms with E-state index in [2.05, 4.69) is 46.7 Å². The van der Waals surface area contributed by atoms with Crippen LogP contribution >= 0.6 is 0 Å². The van der Waals surface area contributed by atoms with Crippen LogP contribution in [0.25, 0.3) is 10.9 Å². The van der Waals surface area contributed by atoms with Gasteiger partial charge in [0.15, 0.2) is 0 Å². The van der Waals surface area contributed by atoms with E-state index in [0.29, 0.717) is 31.3 Å². The maximum absolute atomic E-state index is 13.6. The largest absolute Gasteiger partial charge is 0.416 e. The summed E-state index contributed by atoms with van der Waals surface area (Å²) in [6.45, 7) is 8.11. The van der Waals surface area contributed by atoms with Gasteiger partial charge in [0.1, 0.15) is 23.8 Å². The lowest BCUT2D eigenvalue weighted by atomic mass is 9.83. The first-order valence-electron chi connectivity index (χ1n) is 12.2. The zero-order valence-corrected chi connectivity index (χ0v) is 21.0. The average molecular weight is 507 g/mol. The monoisotopic (exact) mass is 506 g/mol. The number of rotatable bonds is 5. The number of alkyl halides is 3. The Labute approximate surface area is 208 Å². The Balaban J connectivity index is 1.59. The summed E-state index contributed by atoms with van der Waals surface area (Å²) in [4.78, 5) is 35.8. The molecule has 1 saturated heterocycles. The number of amides is 2. The first-order chi connectivity index (χ1) is 16.8. The molecule has 36 heavy (non-hydrogen) atoms. The maximum atomic E-state index is 13.6. The molecule has 196 valence electrons. The standard InChI is InChI=1S/C25H33F3N6O2/c1-15(35)32-24(10-5-6-17(13-24)33-23(2,3)4)34-11-9-20(22(34)36)31-21-18-12-16(25(26,27)28)7-8-19(18)29-14-30-21/h7-8,12,14,17,20,33H,5-6,9-11,13H2,1-4H3,(H,32,35)(H,29,30,31)/t17-,20?,24-/m1/s1. The Hall–Kier alpha value is -2.95. The number of nitrogens with one attached hydrogen (secondary N) is 3. The molecule has 1 aromatic carbocycles. The van der Waals surface area contributed by atoms with Crippen molar-refractivity contribution in [3.05, 3.63) is 30.1 Å². The van der Waals surface area contributed by atoms with Crippen molar-refractivity contribution in [1.82, 2.24) is 25.5 Å². The number of carbonyl (C=O) groups is 2. The smallest absolute Gasteiger partial charge is 0.358 e. The lowest BCUT2D eigenvalue weighted by molar-refractivity contribution is -0.140. The minimum atomic E-state index is -4.51. The van der Waals surface area contributed by atoms with Gasteiger partial charge >= 0.3 is 6.18 Å². The van der Waals surface area contributed by atoms with E-state index in [1.807, 2.05) is 0 Å². The van der Waals surface area contributed by atoms with Gasteiger partial charge in [-0.15, -0.1) is 0 Å². The molecule has 2 amide bonds. The van der Waals surface area contributed by atoms with Gasteiger partial charge in [-0.3, -0.25) is 9.59 Å². The Morgan fingerprint density at radius 2 is 1.92 bits per heavy atom. The Bertz CT molecular complexity index is 1150. The normalized spacial score (nSPS) is 25.3. The summed E-state index contributed by atoms with van der Waals surface area (Å²) >= 11 is 0. The fraction of sp³-hybridized carbons (Fsp3) is 0.600. The molecule has 2 aliphatic rings. The highest BCUT2D eigenvalue weighted by molar-refractivity contribution is 5.93. The molecular weight excluding hydrogens is 473 g/mol. The molecule has 0 radical (unpaired) electrons. The molecule has 3 N–H and O–H groups in total. The van der Waals surface area contributed by atoms with Gasteiger partial charge in [0.05, 0.1) is 11.1 Å². The van der Waals surface area contributed by atoms with Gasteiger partial charge in [-0.05, 0) is 64.7 Å². The topological polar surface area (TPSA) is 99.2 Å². The number of anilines is 1. The van der Waals surface area contributed by atoms with Crippen molar-refractivity contribution in [3.8, 4) is 0 Å². The molecule has 1 unspecified atom stereocenters. The Morgan fingerprint density at radius 3 is 2.58 bits per heavy atom. The van der Waals surface area contributed by atoms with Crippen LogP contribution in [0, 0.1) is 0 Å². The van der Waals surface area contributed by atoms with Crippen molar-refractivity contribution in [3.63, 3.8) is 0 Å². The molecule has 0 spiro atoms. The molecule has 2 aromatic rings. The van der Waals surface area contributed by atoms with Gasteiger partial charge in [-0.25, -0.2) is 9.97 Å². The molecular formula is C25H33F3N6O2. The molecule has 4 rings (SSSR count). The van der Waals surface area contributed by atoms with Gasteiger partial charge in [-0.2, -0.15) is 13.2 Å². The van der Waals surface area contributed by atoms with Crippen LogP contribution in [0.15, 0.2) is 24.5 Å². The second kappa shape index (κ2) is 9.49. The van der Waals surface area contributed by atoms with Gasteiger partial charge in [-0.1, -0.05) is 0 Å². The second-order valence-corrected chi connectivity index (χ2v) is 10.8. The fourth-order valence-electron chi connectivity index (χ4n) is 5.49. The molecule has 1 saturated carbocycles. The Kier molecular flexibility index (Phi) is 6.89. The molecule has 1 aromatic heterocycles. The van der Waals surface area contributed by atoms with Crippen LogP contribution in [0.1, 0.15) is 65.4 Å². The van der Waals surface area contributed by atoms with E-state index in [1.165, 1.54) is 19.3 Å². The van der Waals surface area contributed by atoms with Gasteiger partial charge < -0.3 is 20.9 Å². The van der Waals surface area contributed by atoms with Crippen molar-refractivity contribution < 1.29 is 22.8 Å². The minimum Gasteiger partial charge on any atom is -0.358 e. The Morgan fingerprint density at radius 1 is 1.17 bits per heavy atom. The van der Waals surface area contributed by atoms with Crippen molar-refractivity contribution in [1.29, 1.82) is 0 Å². The first-order valence-corrected chi connectivity index (χ1v) is 12.2. The summed E-state index contributed by atoms with van der Waals surface area (Å²) < 4.78 is 39.9. The number of hydrogen-bond donors (Lipinski definition) is 3. The van der Waals surface area contributed by atoms with E-state index in [1.54, 1.807) is 4.90 Å². The van der Waals surface area contributed by atoms with E-state index in [0.717, 1.165) is 25.0 Å². The zero-order valence-electron chi connectivity index (χ0n) is 21.0. The van der Waals surface area contributed by atoms with Crippen molar-refractivity contribution in [2.24, 2.45) is 0 Å². The highest BCUT2D eigenvalue weighted by Gasteiger charge is 2.49. The quantitative estimate of drug-likeness (QED) is 0.570. The first kappa shape index (κ1) is 26.1. The summed E-state index contributed by atoms with van der Waals surface area (Å²) in [5.41, 5.74) is -1.40. The van der Waals surface area contributed by atoms with E-state index in [-0.39, 0.29) is 34.6 Å². The van der Waals surface area contributed by atoms with Crippen LogP contribution in [0.4, 0.5) is 19.0 Å². The van der Waals surface area contributed by atoms with E-state index >= 15 is 0 Å². The summed E-state index contributed by atoms with van der Waals surface area (Å²) in [6, 6.07) is 2.71. The molecule has 11 heteroatoms. The summed E-state index contributed by atoms with van der Waals surface area (Å²) in [5, 5.41) is 9.93. The third kappa shape index (κ3) is 5.55. The number of carbonyl (C=O) groups excluding carboxylic acids is 2. The summed E-state index contributed by atoms with van der Waals surface area (Å²) in [5.74, 6) is -0.244. The van der Waals surface area contributed by atoms with Crippen LogP contribution in [0.5, 0.6) is 0 Å². The van der Waals surface area contributed by atoms with Crippen LogP contribution < -0.4 is 16.0 Å². The number of fused-ring (bicyclic) bond motifs is 1. The lowest BCUT2D eigenvalue weighted by Gasteiger charge is -2.48. The van der Waals surface area contributed by atoms with Crippen LogP contribution in [-0.4, -0.2) is 56.5 Å². The van der Waals surface area contributed by atoms with E-state index in [4.69, 9.17) is 0 Å². The third-order valence-corrected chi connectivity index (χ3v) is 6.77.